The Bertz CT molecular complexity index is 904. The van der Waals surface area contributed by atoms with Crippen molar-refractivity contribution in [1.82, 2.24) is 5.32 Å². The van der Waals surface area contributed by atoms with Crippen molar-refractivity contribution in [3.05, 3.63) is 77.5 Å². The molecule has 0 saturated carbocycles. The van der Waals surface area contributed by atoms with E-state index in [4.69, 9.17) is 9.47 Å². The van der Waals surface area contributed by atoms with Crippen molar-refractivity contribution in [2.24, 2.45) is 5.92 Å². The SMILES string of the molecule is C[C@@H](OC(=O)c1ccc(O)cc1)[C@H]1C(=O)N/C1=C\C(=O)OCc1ccccc1. The molecule has 2 N–H and O–H groups in total. The molecule has 1 heterocycles. The molecule has 7 heteroatoms. The Hall–Kier alpha value is -3.61. The number of nitrogens with one attached hydrogen (secondary N) is 1. The van der Waals surface area contributed by atoms with Crippen LogP contribution in [0.5, 0.6) is 5.75 Å². The first-order valence-corrected chi connectivity index (χ1v) is 8.67. The number of esters is 2. The van der Waals surface area contributed by atoms with Gasteiger partial charge in [0.1, 0.15) is 24.4 Å². The van der Waals surface area contributed by atoms with Crippen LogP contribution in [-0.2, 0) is 25.7 Å². The summed E-state index contributed by atoms with van der Waals surface area (Å²) in [6, 6.07) is 14.8. The molecular weight excluding hydrogens is 362 g/mol. The average molecular weight is 381 g/mol. The first kappa shape index (κ1) is 19.2. The quantitative estimate of drug-likeness (QED) is 0.452. The molecule has 3 rings (SSSR count). The van der Waals surface area contributed by atoms with Crippen molar-refractivity contribution in [2.45, 2.75) is 19.6 Å². The lowest BCUT2D eigenvalue weighted by molar-refractivity contribution is -0.139. The van der Waals surface area contributed by atoms with Gasteiger partial charge in [0, 0.05) is 11.8 Å². The van der Waals surface area contributed by atoms with E-state index in [-0.39, 0.29) is 23.8 Å². The number of rotatable bonds is 6. The fourth-order valence-corrected chi connectivity index (χ4v) is 2.75. The Morgan fingerprint density at radius 3 is 2.46 bits per heavy atom. The molecule has 2 atom stereocenters. The summed E-state index contributed by atoms with van der Waals surface area (Å²) in [6.07, 6.45) is 0.420. The van der Waals surface area contributed by atoms with Gasteiger partial charge < -0.3 is 19.9 Å². The summed E-state index contributed by atoms with van der Waals surface area (Å²) >= 11 is 0. The van der Waals surface area contributed by atoms with E-state index in [1.165, 1.54) is 30.3 Å². The van der Waals surface area contributed by atoms with E-state index in [1.807, 2.05) is 30.3 Å². The van der Waals surface area contributed by atoms with E-state index >= 15 is 0 Å². The minimum absolute atomic E-state index is 0.0298. The standard InChI is InChI=1S/C21H19NO6/c1-13(28-21(26)15-7-9-16(23)10-8-15)19-17(22-20(19)25)11-18(24)27-12-14-5-3-2-4-6-14/h2-11,13,19,23H,12H2,1H3,(H,22,25)/b17-11-/t13-,19-/m1/s1. The fraction of sp³-hybridized carbons (Fsp3) is 0.190. The maximum absolute atomic E-state index is 12.2. The maximum atomic E-state index is 12.2. The highest BCUT2D eigenvalue weighted by atomic mass is 16.5. The highest BCUT2D eigenvalue weighted by molar-refractivity contribution is 5.96. The summed E-state index contributed by atoms with van der Waals surface area (Å²) < 4.78 is 10.5. The number of hydrogen-bond acceptors (Lipinski definition) is 6. The summed E-state index contributed by atoms with van der Waals surface area (Å²) in [5.41, 5.74) is 1.44. The Kier molecular flexibility index (Phi) is 5.74. The van der Waals surface area contributed by atoms with Crippen molar-refractivity contribution in [3.8, 4) is 5.75 Å². The van der Waals surface area contributed by atoms with Crippen LogP contribution in [0.25, 0.3) is 0 Å². The maximum Gasteiger partial charge on any atom is 0.338 e. The Morgan fingerprint density at radius 1 is 1.14 bits per heavy atom. The van der Waals surface area contributed by atoms with E-state index in [2.05, 4.69) is 5.32 Å². The third-order valence-electron chi connectivity index (χ3n) is 4.25. The number of aromatic hydroxyl groups is 1. The van der Waals surface area contributed by atoms with Crippen LogP contribution in [0.3, 0.4) is 0 Å². The molecule has 0 aliphatic carbocycles. The van der Waals surface area contributed by atoms with Gasteiger partial charge in [-0.05, 0) is 36.8 Å². The van der Waals surface area contributed by atoms with Crippen molar-refractivity contribution in [2.75, 3.05) is 0 Å². The predicted octanol–water partition coefficient (Wildman–Crippen LogP) is 2.31. The van der Waals surface area contributed by atoms with E-state index in [0.29, 0.717) is 5.70 Å². The predicted molar refractivity (Wildman–Crippen MR) is 98.9 cm³/mol. The van der Waals surface area contributed by atoms with Gasteiger partial charge in [-0.15, -0.1) is 0 Å². The largest absolute Gasteiger partial charge is 0.508 e. The topological polar surface area (TPSA) is 102 Å². The number of benzene rings is 2. The van der Waals surface area contributed by atoms with E-state index in [0.717, 1.165) is 5.56 Å². The monoisotopic (exact) mass is 381 g/mol. The zero-order valence-corrected chi connectivity index (χ0v) is 15.1. The number of amides is 1. The van der Waals surface area contributed by atoms with Crippen LogP contribution in [0, 0.1) is 5.92 Å². The number of hydrogen-bond donors (Lipinski definition) is 2. The van der Waals surface area contributed by atoms with E-state index in [9.17, 15) is 19.5 Å². The van der Waals surface area contributed by atoms with Gasteiger partial charge in [0.2, 0.25) is 5.91 Å². The third kappa shape index (κ3) is 4.56. The van der Waals surface area contributed by atoms with Crippen LogP contribution in [0.1, 0.15) is 22.8 Å². The van der Waals surface area contributed by atoms with Crippen molar-refractivity contribution in [3.63, 3.8) is 0 Å². The van der Waals surface area contributed by atoms with Gasteiger partial charge in [-0.25, -0.2) is 9.59 Å². The molecule has 0 spiro atoms. The smallest absolute Gasteiger partial charge is 0.338 e. The molecule has 2 aromatic rings. The summed E-state index contributed by atoms with van der Waals surface area (Å²) in [6.45, 7) is 1.69. The van der Waals surface area contributed by atoms with Crippen molar-refractivity contribution in [1.29, 1.82) is 0 Å². The first-order chi connectivity index (χ1) is 13.4. The molecule has 1 saturated heterocycles. The van der Waals surface area contributed by atoms with Gasteiger partial charge >= 0.3 is 11.9 Å². The van der Waals surface area contributed by atoms with Crippen molar-refractivity contribution < 1.29 is 29.0 Å². The molecule has 0 aromatic heterocycles. The summed E-state index contributed by atoms with van der Waals surface area (Å²) in [5, 5.41) is 11.8. The number of carbonyl (C=O) groups excluding carboxylic acids is 3. The Morgan fingerprint density at radius 2 is 1.82 bits per heavy atom. The normalized spacial score (nSPS) is 18.0. The van der Waals surface area contributed by atoms with Gasteiger partial charge in [-0.1, -0.05) is 30.3 Å². The summed E-state index contributed by atoms with van der Waals surface area (Å²) in [4.78, 5) is 36.0. The highest BCUT2D eigenvalue weighted by Gasteiger charge is 2.41. The first-order valence-electron chi connectivity index (χ1n) is 8.67. The van der Waals surface area contributed by atoms with Crippen LogP contribution < -0.4 is 5.32 Å². The average Bonchev–Trinajstić information content (AvgIpc) is 2.67. The van der Waals surface area contributed by atoms with E-state index in [1.54, 1.807) is 6.92 Å². The second-order valence-electron chi connectivity index (χ2n) is 6.32. The number of β-lactam (4-membered cyclic amide) rings is 1. The van der Waals surface area contributed by atoms with Gasteiger partial charge in [0.05, 0.1) is 5.56 Å². The molecule has 7 nitrogen and oxygen atoms in total. The Balaban J connectivity index is 1.58. The van der Waals surface area contributed by atoms with Gasteiger partial charge in [-0.2, -0.15) is 0 Å². The zero-order valence-electron chi connectivity index (χ0n) is 15.1. The fourth-order valence-electron chi connectivity index (χ4n) is 2.75. The van der Waals surface area contributed by atoms with Gasteiger partial charge in [0.15, 0.2) is 0 Å². The zero-order chi connectivity index (χ0) is 20.1. The van der Waals surface area contributed by atoms with Crippen LogP contribution in [-0.4, -0.2) is 29.1 Å². The number of phenolic OH excluding ortho intramolecular Hbond substituents is 1. The van der Waals surface area contributed by atoms with Gasteiger partial charge in [-0.3, -0.25) is 4.79 Å². The molecule has 1 aliphatic heterocycles. The second kappa shape index (κ2) is 8.39. The van der Waals surface area contributed by atoms with Crippen molar-refractivity contribution >= 4 is 17.8 Å². The Labute approximate surface area is 161 Å². The van der Waals surface area contributed by atoms with Crippen LogP contribution >= 0.6 is 0 Å². The molecule has 2 aromatic carbocycles. The molecule has 28 heavy (non-hydrogen) atoms. The second-order valence-corrected chi connectivity index (χ2v) is 6.32. The lowest BCUT2D eigenvalue weighted by Crippen LogP contribution is -2.52. The molecule has 0 unspecified atom stereocenters. The minimum Gasteiger partial charge on any atom is -0.508 e. The van der Waals surface area contributed by atoms with E-state index < -0.39 is 24.0 Å². The molecule has 144 valence electrons. The summed E-state index contributed by atoms with van der Waals surface area (Å²) in [7, 11) is 0. The van der Waals surface area contributed by atoms with Gasteiger partial charge in [0.25, 0.3) is 0 Å². The molecule has 0 bridgehead atoms. The number of phenols is 1. The van der Waals surface area contributed by atoms with Crippen LogP contribution in [0.2, 0.25) is 0 Å². The molecular formula is C21H19NO6. The lowest BCUT2D eigenvalue weighted by atomic mass is 9.90. The minimum atomic E-state index is -0.775. The molecule has 1 fully saturated rings. The lowest BCUT2D eigenvalue weighted by Gasteiger charge is -2.33. The number of carbonyl (C=O) groups is 3. The third-order valence-corrected chi connectivity index (χ3v) is 4.25. The number of ether oxygens (including phenoxy) is 2. The van der Waals surface area contributed by atoms with Crippen LogP contribution in [0.4, 0.5) is 0 Å². The summed E-state index contributed by atoms with van der Waals surface area (Å²) in [5.74, 6) is -2.29. The van der Waals surface area contributed by atoms with Crippen LogP contribution in [0.15, 0.2) is 66.4 Å². The molecule has 0 radical (unpaired) electrons. The molecule has 1 aliphatic rings. The molecule has 1 amide bonds. The highest BCUT2D eigenvalue weighted by Crippen LogP contribution is 2.26.